The summed E-state index contributed by atoms with van der Waals surface area (Å²) in [4.78, 5) is 36.0. The van der Waals surface area contributed by atoms with Crippen molar-refractivity contribution in [3.63, 3.8) is 0 Å². The number of fused-ring (bicyclic) bond motifs is 8. The summed E-state index contributed by atoms with van der Waals surface area (Å²) >= 11 is 0. The first-order valence-corrected chi connectivity index (χ1v) is 25.7. The largest absolute Gasteiger partial charge is 0.508 e. The Balaban J connectivity index is 0.000000175. The number of H-pyrrole nitrogens is 1. The second-order valence-electron chi connectivity index (χ2n) is 17.5. The molecule has 12 rings (SSSR count). The number of rotatable bonds is 8. The number of anilines is 5. The van der Waals surface area contributed by atoms with Gasteiger partial charge in [0.25, 0.3) is 20.2 Å². The zero-order valence-electron chi connectivity index (χ0n) is 39.1. The highest BCUT2D eigenvalue weighted by Crippen LogP contribution is 2.35. The zero-order chi connectivity index (χ0) is 51.8. The maximum atomic E-state index is 12.1. The number of nitrogens with two attached hydrogens (primary N) is 1. The van der Waals surface area contributed by atoms with E-state index in [0.29, 0.717) is 102 Å². The quantitative estimate of drug-likeness (QED) is 0.0404. The van der Waals surface area contributed by atoms with Gasteiger partial charge in [0, 0.05) is 53.5 Å². The average molecular weight is 1030 g/mol. The second kappa shape index (κ2) is 17.9. The summed E-state index contributed by atoms with van der Waals surface area (Å²) in [5, 5.41) is 26.4. The van der Waals surface area contributed by atoms with Crippen molar-refractivity contribution in [3.8, 4) is 11.5 Å². The molecule has 20 nitrogen and oxygen atoms in total. The fourth-order valence-corrected chi connectivity index (χ4v) is 10.1. The molecule has 8 aromatic carbocycles. The maximum Gasteiger partial charge on any atom is 0.296 e. The lowest BCUT2D eigenvalue weighted by molar-refractivity contribution is -0.310. The molecule has 0 saturated carbocycles. The van der Waals surface area contributed by atoms with E-state index < -0.39 is 20.2 Å². The number of phenolic OH excluding ortho intramolecular Hbond substituents is 2. The fourth-order valence-electron chi connectivity index (χ4n) is 8.70. The number of phenols is 2. The highest BCUT2D eigenvalue weighted by molar-refractivity contribution is 7.86. The van der Waals surface area contributed by atoms with Gasteiger partial charge in [-0.2, -0.15) is 16.8 Å². The summed E-state index contributed by atoms with van der Waals surface area (Å²) in [6, 6.07) is 34.0. The van der Waals surface area contributed by atoms with Crippen LogP contribution in [0.25, 0.3) is 88.3 Å². The monoisotopic (exact) mass is 1030 g/mol. The van der Waals surface area contributed by atoms with E-state index in [9.17, 15) is 36.2 Å². The van der Waals surface area contributed by atoms with E-state index in [4.69, 9.17) is 35.6 Å². The standard InChI is InChI=1S/C32H22N8O4S.C20H18N4O4S/c1-2-15-7-32(45(42,43)44)30(14-31(15)41)34-17-4-6-19-21(9-17)38-25-13-29-27(11-23(25)36-19)39-28-12-24-22(10-26(28)40-29)35-18-5-3-16(33)8-20(18)37-24;1-2-11-7-20(29(26,27)28)18(10-19(11)25)22-13-4-6-15-17(9-13)24-14-5-3-12(21)8-16(14)23-15/h3-14,34,41H,2,33H2,1H3,(H,42,43,44);3-10,22,25H,2,21H2,1H3,(H,26,27,28)/p+2. The van der Waals surface area contributed by atoms with Crippen LogP contribution in [0.1, 0.15) is 25.0 Å². The van der Waals surface area contributed by atoms with Crippen LogP contribution in [0.15, 0.2) is 131 Å². The van der Waals surface area contributed by atoms with Crippen molar-refractivity contribution in [1.29, 1.82) is 0 Å². The minimum Gasteiger partial charge on any atom is -0.508 e. The Kier molecular flexibility index (Phi) is 11.4. The summed E-state index contributed by atoms with van der Waals surface area (Å²) in [5.74, 6) is -0.138. The Labute approximate surface area is 419 Å². The molecule has 0 bridgehead atoms. The second-order valence-corrected chi connectivity index (χ2v) is 20.2. The van der Waals surface area contributed by atoms with E-state index >= 15 is 0 Å². The predicted molar refractivity (Wildman–Crippen MR) is 282 cm³/mol. The molecule has 0 aliphatic heterocycles. The minimum absolute atomic E-state index is 0.0331. The molecular weight excluding hydrogens is 985 g/mol. The van der Waals surface area contributed by atoms with Crippen LogP contribution in [0.3, 0.4) is 0 Å². The fraction of sp³-hybridized carbons (Fsp3) is 0.0769. The Bertz CT molecular complexity index is 4610. The van der Waals surface area contributed by atoms with Crippen molar-refractivity contribution in [3.05, 3.63) is 132 Å². The molecule has 368 valence electrons. The Hall–Kier alpha value is -9.06. The number of aryl methyl sites for hydroxylation is 2. The van der Waals surface area contributed by atoms with Crippen molar-refractivity contribution in [2.45, 2.75) is 36.5 Å². The summed E-state index contributed by atoms with van der Waals surface area (Å²) in [7, 11) is -9.04. The zero-order valence-corrected chi connectivity index (χ0v) is 40.7. The molecule has 12 aromatic rings. The molecule has 12 N–H and O–H groups in total. The molecule has 0 fully saturated rings. The van der Waals surface area contributed by atoms with Crippen LogP contribution in [0.5, 0.6) is 11.5 Å². The molecule has 22 heteroatoms. The number of benzene rings is 8. The lowest BCUT2D eigenvalue weighted by Crippen LogP contribution is -2.39. The maximum absolute atomic E-state index is 12.1. The first-order valence-electron chi connectivity index (χ1n) is 22.9. The van der Waals surface area contributed by atoms with Gasteiger partial charge < -0.3 is 32.3 Å². The number of hydrogen-bond acceptors (Lipinski definition) is 16. The number of nitrogens with one attached hydrogen (secondary N) is 3. The van der Waals surface area contributed by atoms with Gasteiger partial charge in [-0.3, -0.25) is 9.11 Å². The Morgan fingerprint density at radius 2 is 0.865 bits per heavy atom. The number of nitrogens with zero attached hydrogens (tertiary/aromatic N) is 7. The summed E-state index contributed by atoms with van der Waals surface area (Å²) in [5.41, 5.74) is 24.2. The topological polar surface area (TPSA) is 331 Å². The van der Waals surface area contributed by atoms with Gasteiger partial charge in [0.1, 0.15) is 38.0 Å². The first kappa shape index (κ1) is 47.3. The van der Waals surface area contributed by atoms with Gasteiger partial charge >= 0.3 is 0 Å². The third-order valence-electron chi connectivity index (χ3n) is 12.4. The Morgan fingerprint density at radius 1 is 0.459 bits per heavy atom. The SMILES string of the molecule is CCc1cc(S(=O)(=O)O)c(Nc2ccc3nc4cc(N)ccc4[nH+]c3c2)cc1O.CCc1cc(S(=O)(=O)O)c(Nc2ccc3nc4cc5nc6cc7nc8cc([NH3+])ccc8nc7cc6nc5cc4nc3c2)cc1O. The molecule has 74 heavy (non-hydrogen) atoms. The number of nitrogen functional groups attached to an aromatic ring is 1. The van der Waals surface area contributed by atoms with Crippen LogP contribution < -0.4 is 27.1 Å². The molecule has 0 amide bonds. The van der Waals surface area contributed by atoms with Crippen LogP contribution in [0.2, 0.25) is 0 Å². The van der Waals surface area contributed by atoms with Gasteiger partial charge in [0.2, 0.25) is 11.0 Å². The Morgan fingerprint density at radius 3 is 1.34 bits per heavy atom. The van der Waals surface area contributed by atoms with E-state index in [1.807, 2.05) is 48.5 Å². The number of aromatic hydroxyl groups is 2. The van der Waals surface area contributed by atoms with E-state index in [2.05, 4.69) is 26.3 Å². The van der Waals surface area contributed by atoms with Crippen molar-refractivity contribution >= 4 is 143 Å². The molecule has 0 atom stereocenters. The first-order chi connectivity index (χ1) is 35.3. The molecular formula is C52H42N12O8S2+2. The highest BCUT2D eigenvalue weighted by atomic mass is 32.2. The van der Waals surface area contributed by atoms with Crippen LogP contribution >= 0.6 is 0 Å². The lowest BCUT2D eigenvalue weighted by Gasteiger charge is -2.14. The van der Waals surface area contributed by atoms with E-state index in [1.54, 1.807) is 62.4 Å². The summed E-state index contributed by atoms with van der Waals surface area (Å²) in [6.07, 6.45) is 0.810. The van der Waals surface area contributed by atoms with Gasteiger partial charge in [-0.25, -0.2) is 39.9 Å². The van der Waals surface area contributed by atoms with Crippen LogP contribution in [0.4, 0.5) is 34.1 Å². The van der Waals surface area contributed by atoms with Gasteiger partial charge in [-0.1, -0.05) is 13.8 Å². The third-order valence-corrected chi connectivity index (χ3v) is 14.2. The molecule has 0 radical (unpaired) electrons. The number of aromatic amines is 1. The van der Waals surface area contributed by atoms with Crippen molar-refractivity contribution in [2.24, 2.45) is 0 Å². The summed E-state index contributed by atoms with van der Waals surface area (Å²) in [6.45, 7) is 3.55. The van der Waals surface area contributed by atoms with Gasteiger partial charge in [0.15, 0.2) is 0 Å². The van der Waals surface area contributed by atoms with E-state index in [-0.39, 0.29) is 32.7 Å². The van der Waals surface area contributed by atoms with Crippen molar-refractivity contribution in [1.82, 2.24) is 34.9 Å². The van der Waals surface area contributed by atoms with Gasteiger partial charge in [-0.05, 0) is 109 Å². The number of quaternary nitrogens is 1. The molecule has 0 saturated heterocycles. The van der Waals surface area contributed by atoms with Crippen LogP contribution in [0, 0.1) is 0 Å². The van der Waals surface area contributed by atoms with Gasteiger partial charge in [-0.15, -0.1) is 0 Å². The minimum atomic E-state index is -4.56. The highest BCUT2D eigenvalue weighted by Gasteiger charge is 2.22. The van der Waals surface area contributed by atoms with Crippen molar-refractivity contribution < 1.29 is 46.9 Å². The van der Waals surface area contributed by atoms with Gasteiger partial charge in [0.05, 0.1) is 77.6 Å². The number of aromatic nitrogens is 8. The predicted octanol–water partition coefficient (Wildman–Crippen LogP) is 8.15. The lowest BCUT2D eigenvalue weighted by atomic mass is 10.1. The average Bonchev–Trinajstić information content (AvgIpc) is 3.34. The normalized spacial score (nSPS) is 12.1. The molecule has 0 unspecified atom stereocenters. The third kappa shape index (κ3) is 9.10. The smallest absolute Gasteiger partial charge is 0.296 e. The number of hydrogen-bond donors (Lipinski definition) is 8. The van der Waals surface area contributed by atoms with Crippen molar-refractivity contribution in [2.75, 3.05) is 16.4 Å². The van der Waals surface area contributed by atoms with E-state index in [1.165, 1.54) is 24.3 Å². The molecule has 0 aliphatic carbocycles. The molecule has 0 aliphatic rings. The van der Waals surface area contributed by atoms with Crippen LogP contribution in [-0.2, 0) is 33.1 Å². The molecule has 0 spiro atoms. The van der Waals surface area contributed by atoms with E-state index in [0.717, 1.165) is 33.3 Å². The van der Waals surface area contributed by atoms with Crippen LogP contribution in [-0.4, -0.2) is 71.0 Å². The molecule has 4 heterocycles. The molecule has 4 aromatic heterocycles. The summed E-state index contributed by atoms with van der Waals surface area (Å²) < 4.78 is 67.2.